The Morgan fingerprint density at radius 1 is 1.32 bits per heavy atom. The summed E-state index contributed by atoms with van der Waals surface area (Å²) in [6.45, 7) is 1.69. The van der Waals surface area contributed by atoms with E-state index in [1.807, 2.05) is 6.07 Å². The zero-order valence-electron chi connectivity index (χ0n) is 10.3. The van der Waals surface area contributed by atoms with Gasteiger partial charge in [-0.15, -0.1) is 0 Å². The van der Waals surface area contributed by atoms with Crippen molar-refractivity contribution in [1.82, 2.24) is 15.3 Å². The average Bonchev–Trinajstić information content (AvgIpc) is 2.43. The number of carboxylic acid groups (broad SMARTS) is 1. The number of carboxylic acids is 1. The lowest BCUT2D eigenvalue weighted by molar-refractivity contribution is -0.139. The van der Waals surface area contributed by atoms with Crippen molar-refractivity contribution in [2.24, 2.45) is 0 Å². The van der Waals surface area contributed by atoms with Gasteiger partial charge in [0.25, 0.3) is 5.91 Å². The van der Waals surface area contributed by atoms with Gasteiger partial charge in [-0.2, -0.15) is 0 Å². The third-order valence-electron chi connectivity index (χ3n) is 2.69. The van der Waals surface area contributed by atoms with Gasteiger partial charge in [0.15, 0.2) is 0 Å². The maximum absolute atomic E-state index is 11.9. The summed E-state index contributed by atoms with van der Waals surface area (Å²) in [6, 6.07) is 6.24. The predicted octanol–water partition coefficient (Wildman–Crippen LogP) is 1.22. The van der Waals surface area contributed by atoms with Crippen LogP contribution in [-0.2, 0) is 4.79 Å². The van der Waals surface area contributed by atoms with Crippen LogP contribution in [-0.4, -0.2) is 33.0 Å². The number of nitrogens with zero attached hydrogens (tertiary/aromatic N) is 2. The van der Waals surface area contributed by atoms with Gasteiger partial charge >= 0.3 is 5.97 Å². The fraction of sp³-hybridized carbons (Fsp3) is 0.231. The number of carbonyl (C=O) groups excluding carboxylic acids is 1. The maximum atomic E-state index is 11.9. The SMILES string of the molecule is CC[C@H](NC(=O)c1cnc2ccccc2n1)C(=O)O. The standard InChI is InChI=1S/C13H13N3O3/c1-2-8(13(18)19)16-12(17)11-7-14-9-5-3-4-6-10(9)15-11/h3-8H,2H2,1H3,(H,16,17)(H,18,19)/t8-/m0/s1. The lowest BCUT2D eigenvalue weighted by atomic mass is 10.2. The van der Waals surface area contributed by atoms with Gasteiger partial charge in [0.1, 0.15) is 11.7 Å². The number of aliphatic carboxylic acids is 1. The van der Waals surface area contributed by atoms with E-state index in [2.05, 4.69) is 15.3 Å². The number of carbonyl (C=O) groups is 2. The molecule has 2 aromatic rings. The number of benzene rings is 1. The number of aromatic nitrogens is 2. The van der Waals surface area contributed by atoms with E-state index < -0.39 is 17.9 Å². The molecule has 6 nitrogen and oxygen atoms in total. The number of hydrogen-bond acceptors (Lipinski definition) is 4. The summed E-state index contributed by atoms with van der Waals surface area (Å²) in [5.41, 5.74) is 1.39. The molecule has 19 heavy (non-hydrogen) atoms. The third-order valence-corrected chi connectivity index (χ3v) is 2.69. The molecule has 1 atom stereocenters. The highest BCUT2D eigenvalue weighted by atomic mass is 16.4. The highest BCUT2D eigenvalue weighted by Crippen LogP contribution is 2.08. The Morgan fingerprint density at radius 3 is 2.63 bits per heavy atom. The molecule has 1 aromatic heterocycles. The highest BCUT2D eigenvalue weighted by molar-refractivity contribution is 5.96. The molecule has 1 heterocycles. The molecule has 0 unspecified atom stereocenters. The normalized spacial score (nSPS) is 12.1. The van der Waals surface area contributed by atoms with Crippen molar-refractivity contribution in [2.75, 3.05) is 0 Å². The lowest BCUT2D eigenvalue weighted by Crippen LogP contribution is -2.40. The minimum Gasteiger partial charge on any atom is -0.480 e. The highest BCUT2D eigenvalue weighted by Gasteiger charge is 2.19. The number of hydrogen-bond donors (Lipinski definition) is 2. The quantitative estimate of drug-likeness (QED) is 0.861. The Hall–Kier alpha value is -2.50. The summed E-state index contributed by atoms with van der Waals surface area (Å²) in [5.74, 6) is -1.60. The second kappa shape index (κ2) is 5.43. The maximum Gasteiger partial charge on any atom is 0.326 e. The van der Waals surface area contributed by atoms with Crippen LogP contribution in [0.25, 0.3) is 11.0 Å². The predicted molar refractivity (Wildman–Crippen MR) is 68.7 cm³/mol. The Kier molecular flexibility index (Phi) is 3.70. The van der Waals surface area contributed by atoms with Crippen molar-refractivity contribution in [2.45, 2.75) is 19.4 Å². The summed E-state index contributed by atoms with van der Waals surface area (Å²) in [4.78, 5) is 31.0. The smallest absolute Gasteiger partial charge is 0.326 e. The van der Waals surface area contributed by atoms with Crippen molar-refractivity contribution in [3.05, 3.63) is 36.2 Å². The van der Waals surface area contributed by atoms with Gasteiger partial charge in [-0.1, -0.05) is 19.1 Å². The van der Waals surface area contributed by atoms with E-state index >= 15 is 0 Å². The van der Waals surface area contributed by atoms with E-state index in [0.29, 0.717) is 17.5 Å². The number of rotatable bonds is 4. The molecule has 0 aliphatic carbocycles. The van der Waals surface area contributed by atoms with E-state index in [9.17, 15) is 9.59 Å². The van der Waals surface area contributed by atoms with Crippen LogP contribution in [0.5, 0.6) is 0 Å². The largest absolute Gasteiger partial charge is 0.480 e. The molecule has 0 fully saturated rings. The average molecular weight is 259 g/mol. The summed E-state index contributed by atoms with van der Waals surface area (Å²) in [6.07, 6.45) is 1.65. The van der Waals surface area contributed by atoms with Crippen LogP contribution in [0, 0.1) is 0 Å². The van der Waals surface area contributed by atoms with Crippen molar-refractivity contribution >= 4 is 22.9 Å². The van der Waals surface area contributed by atoms with E-state index in [1.165, 1.54) is 6.20 Å². The van der Waals surface area contributed by atoms with Gasteiger partial charge in [-0.25, -0.2) is 9.78 Å². The molecule has 0 aliphatic heterocycles. The zero-order valence-corrected chi connectivity index (χ0v) is 10.3. The van der Waals surface area contributed by atoms with Crippen LogP contribution in [0.1, 0.15) is 23.8 Å². The Labute approximate surface area is 109 Å². The van der Waals surface area contributed by atoms with E-state index in [1.54, 1.807) is 25.1 Å². The van der Waals surface area contributed by atoms with Crippen LogP contribution < -0.4 is 5.32 Å². The molecule has 98 valence electrons. The number of nitrogens with one attached hydrogen (secondary N) is 1. The molecule has 1 amide bonds. The van der Waals surface area contributed by atoms with Crippen LogP contribution in [0.3, 0.4) is 0 Å². The first-order chi connectivity index (χ1) is 9.11. The fourth-order valence-corrected chi connectivity index (χ4v) is 1.64. The van der Waals surface area contributed by atoms with Crippen molar-refractivity contribution in [3.63, 3.8) is 0 Å². The molecule has 2 N–H and O–H groups in total. The summed E-state index contributed by atoms with van der Waals surface area (Å²) < 4.78 is 0. The van der Waals surface area contributed by atoms with Gasteiger partial charge in [-0.3, -0.25) is 9.78 Å². The monoisotopic (exact) mass is 259 g/mol. The first-order valence-electron chi connectivity index (χ1n) is 5.87. The third kappa shape index (κ3) is 2.85. The second-order valence-corrected chi connectivity index (χ2v) is 4.02. The molecule has 0 spiro atoms. The minimum absolute atomic E-state index is 0.110. The molecular formula is C13H13N3O3. The fourth-order valence-electron chi connectivity index (χ4n) is 1.64. The van der Waals surface area contributed by atoms with Crippen molar-refractivity contribution in [3.8, 4) is 0 Å². The summed E-state index contributed by atoms with van der Waals surface area (Å²) in [7, 11) is 0. The molecule has 0 saturated carbocycles. The van der Waals surface area contributed by atoms with E-state index in [-0.39, 0.29) is 5.69 Å². The minimum atomic E-state index is -1.07. The van der Waals surface area contributed by atoms with Crippen molar-refractivity contribution in [1.29, 1.82) is 0 Å². The topological polar surface area (TPSA) is 92.2 Å². The Balaban J connectivity index is 2.24. The zero-order chi connectivity index (χ0) is 13.8. The second-order valence-electron chi connectivity index (χ2n) is 4.02. The van der Waals surface area contributed by atoms with Crippen LogP contribution in [0.2, 0.25) is 0 Å². The van der Waals surface area contributed by atoms with E-state index in [0.717, 1.165) is 0 Å². The summed E-state index contributed by atoms with van der Waals surface area (Å²) >= 11 is 0. The van der Waals surface area contributed by atoms with Crippen molar-refractivity contribution < 1.29 is 14.7 Å². The van der Waals surface area contributed by atoms with Crippen LogP contribution in [0.15, 0.2) is 30.5 Å². The molecule has 1 aromatic carbocycles. The van der Waals surface area contributed by atoms with Crippen LogP contribution >= 0.6 is 0 Å². The molecular weight excluding hydrogens is 246 g/mol. The molecule has 0 saturated heterocycles. The molecule has 2 rings (SSSR count). The number of para-hydroxylation sites is 2. The molecule has 0 aliphatic rings. The summed E-state index contributed by atoms with van der Waals surface area (Å²) in [5, 5.41) is 11.3. The van der Waals surface area contributed by atoms with E-state index in [4.69, 9.17) is 5.11 Å². The number of amides is 1. The molecule has 0 radical (unpaired) electrons. The van der Waals surface area contributed by atoms with Gasteiger partial charge in [0.2, 0.25) is 0 Å². The molecule has 6 heteroatoms. The van der Waals surface area contributed by atoms with Crippen LogP contribution in [0.4, 0.5) is 0 Å². The van der Waals surface area contributed by atoms with Gasteiger partial charge < -0.3 is 10.4 Å². The van der Waals surface area contributed by atoms with Gasteiger partial charge in [0.05, 0.1) is 17.2 Å². The Morgan fingerprint density at radius 2 is 2.00 bits per heavy atom. The van der Waals surface area contributed by atoms with Gasteiger partial charge in [-0.05, 0) is 18.6 Å². The van der Waals surface area contributed by atoms with Gasteiger partial charge in [0, 0.05) is 0 Å². The number of fused-ring (bicyclic) bond motifs is 1. The first-order valence-corrected chi connectivity index (χ1v) is 5.87. The lowest BCUT2D eigenvalue weighted by Gasteiger charge is -2.11. The molecule has 0 bridgehead atoms. The first kappa shape index (κ1) is 12.9. The Bertz CT molecular complexity index is 627.